The predicted molar refractivity (Wildman–Crippen MR) is 75.7 cm³/mol. The summed E-state index contributed by atoms with van der Waals surface area (Å²) < 4.78 is 5.67. The molecule has 2 atom stereocenters. The Labute approximate surface area is 111 Å². The molecule has 0 aromatic heterocycles. The van der Waals surface area contributed by atoms with Crippen LogP contribution in [-0.2, 0) is 5.54 Å². The molecule has 1 fully saturated rings. The first-order valence-corrected chi connectivity index (χ1v) is 7.06. The molecule has 2 nitrogen and oxygen atoms in total. The maximum Gasteiger partial charge on any atom is 0.119 e. The minimum absolute atomic E-state index is 0.131. The molecule has 0 radical (unpaired) electrons. The Bertz CT molecular complexity index is 385. The number of nitrogens with two attached hydrogens (primary N) is 1. The van der Waals surface area contributed by atoms with E-state index >= 15 is 0 Å². The molecule has 1 aromatic carbocycles. The van der Waals surface area contributed by atoms with Crippen molar-refractivity contribution < 1.29 is 4.74 Å². The number of hydrogen-bond donors (Lipinski definition) is 1. The highest BCUT2D eigenvalue weighted by Crippen LogP contribution is 2.38. The molecule has 0 saturated heterocycles. The summed E-state index contributed by atoms with van der Waals surface area (Å²) in [5.74, 6) is 1.66. The molecular formula is C16H25NO. The van der Waals surface area contributed by atoms with Gasteiger partial charge < -0.3 is 10.5 Å². The van der Waals surface area contributed by atoms with Crippen molar-refractivity contribution in [3.8, 4) is 5.75 Å². The van der Waals surface area contributed by atoms with Crippen molar-refractivity contribution in [3.63, 3.8) is 0 Å². The SMILES string of the molecule is CC1CCCC(N)(c2ccc(OC(C)C)cc2)C1. The van der Waals surface area contributed by atoms with Crippen LogP contribution in [0.15, 0.2) is 24.3 Å². The normalized spacial score (nSPS) is 28.4. The van der Waals surface area contributed by atoms with E-state index < -0.39 is 0 Å². The smallest absolute Gasteiger partial charge is 0.119 e. The van der Waals surface area contributed by atoms with Crippen LogP contribution in [0.3, 0.4) is 0 Å². The van der Waals surface area contributed by atoms with Crippen LogP contribution in [0.4, 0.5) is 0 Å². The maximum atomic E-state index is 6.58. The van der Waals surface area contributed by atoms with Gasteiger partial charge in [0, 0.05) is 5.54 Å². The topological polar surface area (TPSA) is 35.2 Å². The molecule has 18 heavy (non-hydrogen) atoms. The fourth-order valence-corrected chi connectivity index (χ4v) is 2.99. The molecule has 1 aliphatic carbocycles. The Morgan fingerprint density at radius 3 is 2.50 bits per heavy atom. The van der Waals surface area contributed by atoms with Crippen molar-refractivity contribution in [2.24, 2.45) is 11.7 Å². The van der Waals surface area contributed by atoms with Crippen LogP contribution < -0.4 is 10.5 Å². The molecule has 2 unspecified atom stereocenters. The van der Waals surface area contributed by atoms with Crippen LogP contribution in [0, 0.1) is 5.92 Å². The Kier molecular flexibility index (Phi) is 3.96. The number of benzene rings is 1. The fourth-order valence-electron chi connectivity index (χ4n) is 2.99. The van der Waals surface area contributed by atoms with E-state index in [2.05, 4.69) is 19.1 Å². The average Bonchev–Trinajstić information content (AvgIpc) is 2.28. The summed E-state index contributed by atoms with van der Waals surface area (Å²) in [5.41, 5.74) is 7.71. The van der Waals surface area contributed by atoms with Gasteiger partial charge in [0.15, 0.2) is 0 Å². The molecule has 0 spiro atoms. The number of ether oxygens (including phenoxy) is 1. The molecular weight excluding hydrogens is 222 g/mol. The standard InChI is InChI=1S/C16H25NO/c1-12(2)18-15-8-6-14(7-9-15)16(17)10-4-5-13(3)11-16/h6-9,12-13H,4-5,10-11,17H2,1-3H3. The molecule has 2 heteroatoms. The van der Waals surface area contributed by atoms with Crippen molar-refractivity contribution in [3.05, 3.63) is 29.8 Å². The van der Waals surface area contributed by atoms with E-state index in [1.54, 1.807) is 0 Å². The summed E-state index contributed by atoms with van der Waals surface area (Å²) in [6.45, 7) is 6.39. The molecule has 0 aliphatic heterocycles. The van der Waals surface area contributed by atoms with Crippen molar-refractivity contribution in [2.45, 2.75) is 58.1 Å². The quantitative estimate of drug-likeness (QED) is 0.880. The second kappa shape index (κ2) is 5.31. The Balaban J connectivity index is 2.13. The van der Waals surface area contributed by atoms with Crippen molar-refractivity contribution in [2.75, 3.05) is 0 Å². The van der Waals surface area contributed by atoms with Gasteiger partial charge in [-0.15, -0.1) is 0 Å². The maximum absolute atomic E-state index is 6.58. The van der Waals surface area contributed by atoms with E-state index in [-0.39, 0.29) is 11.6 Å². The van der Waals surface area contributed by atoms with E-state index in [1.807, 2.05) is 26.0 Å². The highest BCUT2D eigenvalue weighted by Gasteiger charge is 2.32. The monoisotopic (exact) mass is 247 g/mol. The van der Waals surface area contributed by atoms with Gasteiger partial charge in [-0.1, -0.05) is 31.9 Å². The second-order valence-electron chi connectivity index (χ2n) is 6.05. The molecule has 1 aliphatic rings. The third-order valence-electron chi connectivity index (χ3n) is 3.83. The van der Waals surface area contributed by atoms with Crippen LogP contribution in [-0.4, -0.2) is 6.10 Å². The van der Waals surface area contributed by atoms with E-state index in [4.69, 9.17) is 10.5 Å². The minimum Gasteiger partial charge on any atom is -0.491 e. The van der Waals surface area contributed by atoms with Crippen molar-refractivity contribution in [1.82, 2.24) is 0 Å². The summed E-state index contributed by atoms with van der Waals surface area (Å²) in [5, 5.41) is 0. The van der Waals surface area contributed by atoms with E-state index in [1.165, 1.54) is 18.4 Å². The van der Waals surface area contributed by atoms with Gasteiger partial charge in [0.25, 0.3) is 0 Å². The van der Waals surface area contributed by atoms with Crippen molar-refractivity contribution in [1.29, 1.82) is 0 Å². The number of hydrogen-bond acceptors (Lipinski definition) is 2. The lowest BCUT2D eigenvalue weighted by molar-refractivity contribution is 0.235. The molecule has 2 rings (SSSR count). The highest BCUT2D eigenvalue weighted by molar-refractivity contribution is 5.32. The van der Waals surface area contributed by atoms with Crippen LogP contribution in [0.25, 0.3) is 0 Å². The first kappa shape index (κ1) is 13.4. The third-order valence-corrected chi connectivity index (χ3v) is 3.83. The summed E-state index contributed by atoms with van der Waals surface area (Å²) in [6.07, 6.45) is 4.96. The minimum atomic E-state index is -0.131. The molecule has 1 aromatic rings. The van der Waals surface area contributed by atoms with Gasteiger partial charge in [-0.25, -0.2) is 0 Å². The van der Waals surface area contributed by atoms with Gasteiger partial charge in [0.2, 0.25) is 0 Å². The fraction of sp³-hybridized carbons (Fsp3) is 0.625. The summed E-state index contributed by atoms with van der Waals surface area (Å²) in [7, 11) is 0. The molecule has 0 amide bonds. The lowest BCUT2D eigenvalue weighted by atomic mass is 9.73. The number of rotatable bonds is 3. The Morgan fingerprint density at radius 2 is 1.94 bits per heavy atom. The average molecular weight is 247 g/mol. The van der Waals surface area contributed by atoms with Crippen LogP contribution in [0.2, 0.25) is 0 Å². The predicted octanol–water partition coefficient (Wildman–Crippen LogP) is 3.84. The van der Waals surface area contributed by atoms with E-state index in [0.717, 1.165) is 24.5 Å². The molecule has 1 saturated carbocycles. The van der Waals surface area contributed by atoms with Crippen LogP contribution >= 0.6 is 0 Å². The zero-order valence-corrected chi connectivity index (χ0v) is 11.8. The Morgan fingerprint density at radius 1 is 1.28 bits per heavy atom. The molecule has 2 N–H and O–H groups in total. The molecule has 100 valence electrons. The highest BCUT2D eigenvalue weighted by atomic mass is 16.5. The lowest BCUT2D eigenvalue weighted by Crippen LogP contribution is -2.40. The van der Waals surface area contributed by atoms with Gasteiger partial charge in [-0.2, -0.15) is 0 Å². The van der Waals surface area contributed by atoms with Gasteiger partial charge >= 0.3 is 0 Å². The summed E-state index contributed by atoms with van der Waals surface area (Å²) in [4.78, 5) is 0. The van der Waals surface area contributed by atoms with E-state index in [0.29, 0.717) is 0 Å². The lowest BCUT2D eigenvalue weighted by Gasteiger charge is -2.37. The summed E-state index contributed by atoms with van der Waals surface area (Å²) in [6, 6.07) is 8.36. The zero-order valence-electron chi connectivity index (χ0n) is 11.8. The molecule has 0 bridgehead atoms. The van der Waals surface area contributed by atoms with Gasteiger partial charge in [0.1, 0.15) is 5.75 Å². The van der Waals surface area contributed by atoms with Gasteiger partial charge in [-0.3, -0.25) is 0 Å². The van der Waals surface area contributed by atoms with Gasteiger partial charge in [0.05, 0.1) is 6.10 Å². The second-order valence-corrected chi connectivity index (χ2v) is 6.05. The molecule has 0 heterocycles. The van der Waals surface area contributed by atoms with E-state index in [9.17, 15) is 0 Å². The van der Waals surface area contributed by atoms with Crippen molar-refractivity contribution >= 4 is 0 Å². The first-order valence-electron chi connectivity index (χ1n) is 7.06. The van der Waals surface area contributed by atoms with Crippen LogP contribution in [0.5, 0.6) is 5.75 Å². The Hall–Kier alpha value is -1.02. The van der Waals surface area contributed by atoms with Crippen LogP contribution in [0.1, 0.15) is 52.0 Å². The largest absolute Gasteiger partial charge is 0.491 e. The first-order chi connectivity index (χ1) is 8.49. The summed E-state index contributed by atoms with van der Waals surface area (Å²) >= 11 is 0. The van der Waals surface area contributed by atoms with Gasteiger partial charge in [-0.05, 0) is 50.3 Å². The zero-order chi connectivity index (χ0) is 13.2. The third kappa shape index (κ3) is 3.05.